The second-order valence-corrected chi connectivity index (χ2v) is 5.73. The topological polar surface area (TPSA) is 49.8 Å². The maximum atomic E-state index is 4.56. The highest BCUT2D eigenvalue weighted by atomic mass is 79.9. The van der Waals surface area contributed by atoms with Crippen LogP contribution in [0.2, 0.25) is 0 Å². The third-order valence-electron chi connectivity index (χ3n) is 2.71. The molecular formula is C15H19BrN4. The lowest BCUT2D eigenvalue weighted by Gasteiger charge is -2.12. The predicted molar refractivity (Wildman–Crippen MR) is 87.7 cm³/mol. The van der Waals surface area contributed by atoms with E-state index in [1.54, 1.807) is 0 Å². The van der Waals surface area contributed by atoms with Crippen molar-refractivity contribution in [3.8, 4) is 0 Å². The Balaban J connectivity index is 2.30. The van der Waals surface area contributed by atoms with E-state index in [4.69, 9.17) is 0 Å². The smallest absolute Gasteiger partial charge is 0.136 e. The largest absolute Gasteiger partial charge is 0.370 e. The fourth-order valence-electron chi connectivity index (χ4n) is 1.77. The zero-order valence-electron chi connectivity index (χ0n) is 11.9. The molecule has 0 radical (unpaired) electrons. The van der Waals surface area contributed by atoms with Crippen molar-refractivity contribution < 1.29 is 0 Å². The van der Waals surface area contributed by atoms with Gasteiger partial charge < -0.3 is 10.6 Å². The summed E-state index contributed by atoms with van der Waals surface area (Å²) in [6, 6.07) is 9.94. The lowest BCUT2D eigenvalue weighted by Crippen LogP contribution is -2.07. The molecule has 1 aromatic heterocycles. The predicted octanol–water partition coefficient (Wildman–Crippen LogP) is 4.54. The molecule has 4 nitrogen and oxygen atoms in total. The minimum Gasteiger partial charge on any atom is -0.370 e. The number of nitrogens with one attached hydrogen (secondary N) is 2. The highest BCUT2D eigenvalue weighted by Gasteiger charge is 2.08. The Morgan fingerprint density at radius 1 is 1.15 bits per heavy atom. The number of benzene rings is 1. The van der Waals surface area contributed by atoms with E-state index in [2.05, 4.69) is 57.3 Å². The van der Waals surface area contributed by atoms with Crippen LogP contribution in [0.4, 0.5) is 17.3 Å². The summed E-state index contributed by atoms with van der Waals surface area (Å²) in [6.07, 6.45) is 0. The van der Waals surface area contributed by atoms with Crippen molar-refractivity contribution >= 4 is 33.3 Å². The van der Waals surface area contributed by atoms with E-state index in [-0.39, 0.29) is 5.92 Å². The van der Waals surface area contributed by atoms with E-state index >= 15 is 0 Å². The van der Waals surface area contributed by atoms with Crippen molar-refractivity contribution in [2.75, 3.05) is 17.2 Å². The Kier molecular flexibility index (Phi) is 4.95. The maximum absolute atomic E-state index is 4.56. The normalized spacial score (nSPS) is 10.7. The summed E-state index contributed by atoms with van der Waals surface area (Å²) >= 11 is 3.47. The van der Waals surface area contributed by atoms with Crippen LogP contribution < -0.4 is 10.6 Å². The molecule has 0 aliphatic heterocycles. The summed E-state index contributed by atoms with van der Waals surface area (Å²) in [4.78, 5) is 9.07. The van der Waals surface area contributed by atoms with Gasteiger partial charge in [0.05, 0.1) is 0 Å². The number of hydrogen-bond acceptors (Lipinski definition) is 4. The van der Waals surface area contributed by atoms with Crippen molar-refractivity contribution in [1.29, 1.82) is 0 Å². The molecule has 2 rings (SSSR count). The molecule has 0 aliphatic carbocycles. The first-order valence-corrected chi connectivity index (χ1v) is 7.53. The van der Waals surface area contributed by atoms with Gasteiger partial charge in [-0.2, -0.15) is 0 Å². The highest BCUT2D eigenvalue weighted by Crippen LogP contribution is 2.22. The number of nitrogens with zero attached hydrogens (tertiary/aromatic N) is 2. The Bertz CT molecular complexity index is 584. The molecule has 2 aromatic rings. The van der Waals surface area contributed by atoms with Gasteiger partial charge in [-0.25, -0.2) is 9.97 Å². The number of anilines is 3. The van der Waals surface area contributed by atoms with Gasteiger partial charge in [0.15, 0.2) is 0 Å². The van der Waals surface area contributed by atoms with E-state index in [9.17, 15) is 0 Å². The zero-order chi connectivity index (χ0) is 14.5. The second kappa shape index (κ2) is 6.70. The summed E-state index contributed by atoms with van der Waals surface area (Å²) in [7, 11) is 0. The van der Waals surface area contributed by atoms with Crippen LogP contribution in [-0.2, 0) is 0 Å². The van der Waals surface area contributed by atoms with Crippen LogP contribution in [0.3, 0.4) is 0 Å². The lowest BCUT2D eigenvalue weighted by molar-refractivity contribution is 0.777. The van der Waals surface area contributed by atoms with Gasteiger partial charge in [-0.1, -0.05) is 35.8 Å². The fourth-order valence-corrected chi connectivity index (χ4v) is 2.17. The molecule has 106 valence electrons. The summed E-state index contributed by atoms with van der Waals surface area (Å²) in [5.41, 5.74) is 0.996. The van der Waals surface area contributed by atoms with Crippen LogP contribution in [0.25, 0.3) is 0 Å². The van der Waals surface area contributed by atoms with Gasteiger partial charge >= 0.3 is 0 Å². The van der Waals surface area contributed by atoms with Gasteiger partial charge in [0.2, 0.25) is 0 Å². The number of rotatable bonds is 5. The van der Waals surface area contributed by atoms with Gasteiger partial charge in [-0.3, -0.25) is 0 Å². The molecule has 0 fully saturated rings. The summed E-state index contributed by atoms with van der Waals surface area (Å²) in [5, 5.41) is 6.56. The van der Waals surface area contributed by atoms with Crippen molar-refractivity contribution in [1.82, 2.24) is 9.97 Å². The van der Waals surface area contributed by atoms with Gasteiger partial charge in [0.25, 0.3) is 0 Å². The first-order valence-electron chi connectivity index (χ1n) is 6.74. The van der Waals surface area contributed by atoms with Crippen LogP contribution in [0.5, 0.6) is 0 Å². The SMILES string of the molecule is CCNc1cc(Nc2cccc(Br)c2)nc(C(C)C)n1. The minimum atomic E-state index is 0.289. The Morgan fingerprint density at radius 2 is 1.90 bits per heavy atom. The van der Waals surface area contributed by atoms with Gasteiger partial charge in [0.1, 0.15) is 17.5 Å². The molecule has 2 N–H and O–H groups in total. The first-order chi connectivity index (χ1) is 9.58. The Hall–Kier alpha value is -1.62. The van der Waals surface area contributed by atoms with Crippen molar-refractivity contribution in [3.05, 3.63) is 40.6 Å². The third-order valence-corrected chi connectivity index (χ3v) is 3.21. The molecule has 0 spiro atoms. The molecule has 0 amide bonds. The third kappa shape index (κ3) is 3.93. The quantitative estimate of drug-likeness (QED) is 0.842. The molecule has 20 heavy (non-hydrogen) atoms. The molecule has 0 bridgehead atoms. The van der Waals surface area contributed by atoms with Crippen LogP contribution in [0.15, 0.2) is 34.8 Å². The van der Waals surface area contributed by atoms with Gasteiger partial charge in [-0.15, -0.1) is 0 Å². The molecule has 0 unspecified atom stereocenters. The lowest BCUT2D eigenvalue weighted by atomic mass is 10.2. The molecule has 0 aliphatic rings. The van der Waals surface area contributed by atoms with Crippen molar-refractivity contribution in [2.24, 2.45) is 0 Å². The average Bonchev–Trinajstić information content (AvgIpc) is 2.38. The van der Waals surface area contributed by atoms with Crippen molar-refractivity contribution in [3.63, 3.8) is 0 Å². The fraction of sp³-hybridized carbons (Fsp3) is 0.333. The van der Waals surface area contributed by atoms with Crippen LogP contribution in [-0.4, -0.2) is 16.5 Å². The molecule has 5 heteroatoms. The van der Waals surface area contributed by atoms with E-state index < -0.39 is 0 Å². The first kappa shape index (κ1) is 14.8. The standard InChI is InChI=1S/C15H19BrN4/c1-4-17-13-9-14(20-15(19-13)10(2)3)18-12-7-5-6-11(16)8-12/h5-10H,4H2,1-3H3,(H2,17,18,19,20). The molecule has 1 aromatic carbocycles. The van der Waals surface area contributed by atoms with Crippen LogP contribution >= 0.6 is 15.9 Å². The highest BCUT2D eigenvalue weighted by molar-refractivity contribution is 9.10. The molecular weight excluding hydrogens is 316 g/mol. The zero-order valence-corrected chi connectivity index (χ0v) is 13.5. The molecule has 0 saturated heterocycles. The van der Waals surface area contributed by atoms with Crippen LogP contribution in [0, 0.1) is 0 Å². The summed E-state index contributed by atoms with van der Waals surface area (Å²) in [6.45, 7) is 7.07. The minimum absolute atomic E-state index is 0.289. The number of hydrogen-bond donors (Lipinski definition) is 2. The number of aromatic nitrogens is 2. The Labute approximate surface area is 128 Å². The summed E-state index contributed by atoms with van der Waals surface area (Å²) < 4.78 is 1.03. The van der Waals surface area contributed by atoms with E-state index in [1.807, 2.05) is 30.3 Å². The van der Waals surface area contributed by atoms with E-state index in [1.165, 1.54) is 0 Å². The van der Waals surface area contributed by atoms with Gasteiger partial charge in [-0.05, 0) is 25.1 Å². The van der Waals surface area contributed by atoms with Crippen molar-refractivity contribution in [2.45, 2.75) is 26.7 Å². The van der Waals surface area contributed by atoms with Crippen LogP contribution in [0.1, 0.15) is 32.5 Å². The second-order valence-electron chi connectivity index (χ2n) is 4.82. The van der Waals surface area contributed by atoms with E-state index in [0.717, 1.165) is 34.2 Å². The maximum Gasteiger partial charge on any atom is 0.136 e. The Morgan fingerprint density at radius 3 is 2.55 bits per heavy atom. The monoisotopic (exact) mass is 334 g/mol. The molecule has 1 heterocycles. The number of halogens is 1. The molecule has 0 saturated carbocycles. The summed E-state index contributed by atoms with van der Waals surface area (Å²) in [5.74, 6) is 2.78. The van der Waals surface area contributed by atoms with E-state index in [0.29, 0.717) is 0 Å². The molecule has 0 atom stereocenters. The van der Waals surface area contributed by atoms with Gasteiger partial charge in [0, 0.05) is 28.7 Å². The average molecular weight is 335 g/mol.